The van der Waals surface area contributed by atoms with E-state index in [9.17, 15) is 14.9 Å². The van der Waals surface area contributed by atoms with Crippen LogP contribution in [0.5, 0.6) is 0 Å². The van der Waals surface area contributed by atoms with Gasteiger partial charge in [-0.3, -0.25) is 19.9 Å². The quantitative estimate of drug-likeness (QED) is 0.570. The molecule has 2 aromatic heterocycles. The van der Waals surface area contributed by atoms with E-state index in [0.29, 0.717) is 49.1 Å². The van der Waals surface area contributed by atoms with Crippen molar-refractivity contribution in [2.75, 3.05) is 60.8 Å². The zero-order chi connectivity index (χ0) is 26.5. The third-order valence-corrected chi connectivity index (χ3v) is 7.48. The topological polar surface area (TPSA) is 117 Å². The molecule has 0 spiro atoms. The minimum atomic E-state index is -0.310. The minimum absolute atomic E-state index is 0.124. The lowest BCUT2D eigenvalue weighted by Crippen LogP contribution is -2.48. The number of carbonyl (C=O) groups excluding carboxylic acids is 2. The summed E-state index contributed by atoms with van der Waals surface area (Å²) in [5.74, 6) is 2.03. The van der Waals surface area contributed by atoms with Crippen molar-refractivity contribution >= 4 is 41.0 Å². The highest BCUT2D eigenvalue weighted by atomic mass is 32.2. The number of nitrogens with one attached hydrogen (secondary N) is 2. The fourth-order valence-corrected chi connectivity index (χ4v) is 5.24. The Morgan fingerprint density at radius 3 is 2.84 bits per heavy atom. The number of hydrogen-bond donors (Lipinski definition) is 2. The average molecular weight is 523 g/mol. The van der Waals surface area contributed by atoms with Gasteiger partial charge in [0, 0.05) is 55.9 Å². The molecule has 0 aromatic carbocycles. The molecule has 0 bridgehead atoms. The van der Waals surface area contributed by atoms with E-state index in [4.69, 9.17) is 4.98 Å². The van der Waals surface area contributed by atoms with Crippen molar-refractivity contribution in [3.8, 4) is 6.07 Å². The molecule has 2 aliphatic rings. The third-order valence-electron chi connectivity index (χ3n) is 6.65. The summed E-state index contributed by atoms with van der Waals surface area (Å²) in [5.41, 5.74) is 3.91. The van der Waals surface area contributed by atoms with Gasteiger partial charge in [0.05, 0.1) is 17.8 Å². The van der Waals surface area contributed by atoms with E-state index in [0.717, 1.165) is 42.0 Å². The largest absolute Gasteiger partial charge is 0.381 e. The summed E-state index contributed by atoms with van der Waals surface area (Å²) < 4.78 is 0. The van der Waals surface area contributed by atoms with Gasteiger partial charge >= 0.3 is 6.03 Å². The lowest BCUT2D eigenvalue weighted by Gasteiger charge is -2.33. The van der Waals surface area contributed by atoms with Crippen LogP contribution in [-0.2, 0) is 17.8 Å². The van der Waals surface area contributed by atoms with Crippen molar-refractivity contribution in [2.24, 2.45) is 0 Å². The number of aromatic nitrogens is 2. The Balaban J connectivity index is 1.50. The zero-order valence-corrected chi connectivity index (χ0v) is 22.7. The molecule has 2 aromatic rings. The van der Waals surface area contributed by atoms with Crippen molar-refractivity contribution in [1.82, 2.24) is 19.8 Å². The monoisotopic (exact) mass is 522 g/mol. The first-order valence-corrected chi connectivity index (χ1v) is 13.9. The Morgan fingerprint density at radius 2 is 2.11 bits per heavy atom. The zero-order valence-electron chi connectivity index (χ0n) is 21.9. The maximum absolute atomic E-state index is 13.3. The van der Waals surface area contributed by atoms with Crippen LogP contribution in [0.15, 0.2) is 18.3 Å². The van der Waals surface area contributed by atoms with Crippen LogP contribution >= 0.6 is 11.8 Å². The number of nitrogens with zero attached hydrogens (tertiary/aromatic N) is 6. The number of likely N-dealkylation sites (N-methyl/N-ethyl adjacent to an activating group) is 1. The Hall–Kier alpha value is -3.36. The Bertz CT molecular complexity index is 1210. The van der Waals surface area contributed by atoms with Gasteiger partial charge < -0.3 is 10.2 Å². The second-order valence-electron chi connectivity index (χ2n) is 9.68. The number of urea groups is 1. The molecule has 4 rings (SSSR count). The molecule has 10 nitrogen and oxygen atoms in total. The highest BCUT2D eigenvalue weighted by Gasteiger charge is 2.27. The average Bonchev–Trinajstić information content (AvgIpc) is 2.86. The maximum atomic E-state index is 13.3. The number of amides is 3. The number of thioether (sulfide) groups is 1. The number of anilines is 3. The molecule has 1 atom stereocenters. The van der Waals surface area contributed by atoms with Crippen LogP contribution in [0.4, 0.5) is 22.1 Å². The molecule has 2 aliphatic heterocycles. The molecule has 196 valence electrons. The van der Waals surface area contributed by atoms with Crippen molar-refractivity contribution in [1.29, 1.82) is 5.26 Å². The molecule has 0 saturated carbocycles. The van der Waals surface area contributed by atoms with Gasteiger partial charge in [-0.2, -0.15) is 17.0 Å². The van der Waals surface area contributed by atoms with Gasteiger partial charge in [0.2, 0.25) is 5.91 Å². The van der Waals surface area contributed by atoms with Crippen molar-refractivity contribution in [2.45, 2.75) is 39.3 Å². The number of aryl methyl sites for hydroxylation is 2. The lowest BCUT2D eigenvalue weighted by atomic mass is 10.0. The van der Waals surface area contributed by atoms with E-state index in [-0.39, 0.29) is 18.0 Å². The highest BCUT2D eigenvalue weighted by Crippen LogP contribution is 2.29. The van der Waals surface area contributed by atoms with Gasteiger partial charge in [0.1, 0.15) is 17.7 Å². The highest BCUT2D eigenvalue weighted by molar-refractivity contribution is 7.98. The molecule has 1 saturated heterocycles. The maximum Gasteiger partial charge on any atom is 0.328 e. The fourth-order valence-electron chi connectivity index (χ4n) is 4.66. The predicted molar refractivity (Wildman–Crippen MR) is 147 cm³/mol. The number of nitriles is 1. The van der Waals surface area contributed by atoms with E-state index in [1.54, 1.807) is 22.7 Å². The lowest BCUT2D eigenvalue weighted by molar-refractivity contribution is -0.136. The van der Waals surface area contributed by atoms with E-state index < -0.39 is 0 Å². The second-order valence-corrected chi connectivity index (χ2v) is 10.6. The first kappa shape index (κ1) is 26.7. The summed E-state index contributed by atoms with van der Waals surface area (Å²) in [6.07, 6.45) is 5.15. The van der Waals surface area contributed by atoms with Crippen LogP contribution in [0.25, 0.3) is 0 Å². The van der Waals surface area contributed by atoms with Crippen molar-refractivity contribution in [3.63, 3.8) is 0 Å². The number of rotatable bonds is 7. The first-order valence-electron chi connectivity index (χ1n) is 12.5. The minimum Gasteiger partial charge on any atom is -0.381 e. The normalized spacial score (nSPS) is 16.7. The van der Waals surface area contributed by atoms with E-state index >= 15 is 0 Å². The van der Waals surface area contributed by atoms with Crippen molar-refractivity contribution < 1.29 is 9.59 Å². The number of carbonyl (C=O) groups is 2. The van der Waals surface area contributed by atoms with Crippen LogP contribution in [0, 0.1) is 18.3 Å². The molecule has 2 N–H and O–H groups in total. The molecule has 4 heterocycles. The Labute approximate surface area is 222 Å². The van der Waals surface area contributed by atoms with Crippen LogP contribution in [0.2, 0.25) is 0 Å². The summed E-state index contributed by atoms with van der Waals surface area (Å²) >= 11 is 1.72. The van der Waals surface area contributed by atoms with Gasteiger partial charge in [-0.25, -0.2) is 14.8 Å². The number of pyridine rings is 2. The van der Waals surface area contributed by atoms with Crippen LogP contribution in [-0.4, -0.2) is 83.0 Å². The molecule has 37 heavy (non-hydrogen) atoms. The standard InChI is InChI=1S/C26H34N8O2S/c1-17(16-37-4)29-22-11-23(28-13-21(22)12-27)31-26(36)34-7-5-6-19-10-20(18(2)30-25(19)34)14-33-9-8-32(3)15-24(33)35/h10-11,13,17H,5-9,14-16H2,1-4H3,(H2,28,29,31,36)/t17-/m1/s1. The summed E-state index contributed by atoms with van der Waals surface area (Å²) in [6, 6.07) is 5.80. The molecule has 11 heteroatoms. The molecular weight excluding hydrogens is 488 g/mol. The smallest absolute Gasteiger partial charge is 0.328 e. The summed E-state index contributed by atoms with van der Waals surface area (Å²) in [6.45, 7) is 7.04. The fraction of sp³-hybridized carbons (Fsp3) is 0.500. The second kappa shape index (κ2) is 11.8. The number of fused-ring (bicyclic) bond motifs is 1. The van der Waals surface area contributed by atoms with Gasteiger partial charge in [-0.05, 0) is 57.2 Å². The van der Waals surface area contributed by atoms with E-state index in [1.807, 2.05) is 37.0 Å². The number of hydrogen-bond acceptors (Lipinski definition) is 8. The Kier molecular flexibility index (Phi) is 8.51. The Morgan fingerprint density at radius 1 is 1.30 bits per heavy atom. The van der Waals surface area contributed by atoms with E-state index in [2.05, 4.69) is 27.8 Å². The van der Waals surface area contributed by atoms with Crippen LogP contribution in [0.1, 0.15) is 35.7 Å². The van der Waals surface area contributed by atoms with Crippen LogP contribution < -0.4 is 15.5 Å². The van der Waals surface area contributed by atoms with Crippen molar-refractivity contribution in [3.05, 3.63) is 40.7 Å². The van der Waals surface area contributed by atoms with Gasteiger partial charge in [-0.15, -0.1) is 0 Å². The van der Waals surface area contributed by atoms with E-state index in [1.165, 1.54) is 6.20 Å². The summed E-state index contributed by atoms with van der Waals surface area (Å²) in [5, 5.41) is 15.7. The SMILES string of the molecule is CSC[C@@H](C)Nc1cc(NC(=O)N2CCCc3cc(CN4CCN(C)CC4=O)c(C)nc32)ncc1C#N. The number of piperazine rings is 1. The molecule has 0 unspecified atom stereocenters. The molecule has 0 aliphatic carbocycles. The van der Waals surface area contributed by atoms with Gasteiger partial charge in [0.25, 0.3) is 0 Å². The van der Waals surface area contributed by atoms with Gasteiger partial charge in [0.15, 0.2) is 0 Å². The first-order chi connectivity index (χ1) is 17.8. The molecular formula is C26H34N8O2S. The molecule has 3 amide bonds. The van der Waals surface area contributed by atoms with Crippen LogP contribution in [0.3, 0.4) is 0 Å². The predicted octanol–water partition coefficient (Wildman–Crippen LogP) is 3.08. The summed E-state index contributed by atoms with van der Waals surface area (Å²) in [7, 11) is 1.96. The van der Waals surface area contributed by atoms with Gasteiger partial charge in [-0.1, -0.05) is 0 Å². The molecule has 0 radical (unpaired) electrons. The third kappa shape index (κ3) is 6.32. The summed E-state index contributed by atoms with van der Waals surface area (Å²) in [4.78, 5) is 40.4. The molecule has 1 fully saturated rings.